The Morgan fingerprint density at radius 3 is 2.93 bits per heavy atom. The average Bonchev–Trinajstić information content (AvgIpc) is 2.42. The second-order valence-electron chi connectivity index (χ2n) is 2.99. The monoisotopic (exact) mass is 254 g/mol. The summed E-state index contributed by atoms with van der Waals surface area (Å²) in [6.07, 6.45) is 3.59. The van der Waals surface area contributed by atoms with Gasteiger partial charge in [-0.3, -0.25) is 0 Å². The van der Waals surface area contributed by atoms with Gasteiger partial charge in [0.15, 0.2) is 5.69 Å². The third-order valence-corrected chi connectivity index (χ3v) is 2.31. The van der Waals surface area contributed by atoms with Crippen molar-refractivity contribution >= 4 is 27.4 Å². The molecule has 2 aromatic heterocycles. The highest BCUT2D eigenvalue weighted by Gasteiger charge is 2.12. The van der Waals surface area contributed by atoms with E-state index in [2.05, 4.69) is 20.9 Å². The summed E-state index contributed by atoms with van der Waals surface area (Å²) < 4.78 is 2.59. The number of hydrogen-bond donors (Lipinski definition) is 1. The lowest BCUT2D eigenvalue weighted by molar-refractivity contribution is 0.0692. The van der Waals surface area contributed by atoms with E-state index in [1.54, 1.807) is 29.8 Å². The summed E-state index contributed by atoms with van der Waals surface area (Å²) in [4.78, 5) is 14.9. The van der Waals surface area contributed by atoms with E-state index in [0.29, 0.717) is 11.2 Å². The molecule has 0 aliphatic rings. The number of carboxylic acid groups (broad SMARTS) is 1. The molecule has 0 radical (unpaired) electrons. The van der Waals surface area contributed by atoms with Crippen LogP contribution in [0.3, 0.4) is 0 Å². The van der Waals surface area contributed by atoms with Crippen molar-refractivity contribution in [3.05, 3.63) is 34.3 Å². The first-order chi connectivity index (χ1) is 6.58. The van der Waals surface area contributed by atoms with Crippen LogP contribution in [0.2, 0.25) is 0 Å². The molecule has 14 heavy (non-hydrogen) atoms. The van der Waals surface area contributed by atoms with Gasteiger partial charge >= 0.3 is 5.97 Å². The zero-order chi connectivity index (χ0) is 10.3. The molecular formula is C9H7BrN2O2. The van der Waals surface area contributed by atoms with Crippen molar-refractivity contribution in [2.75, 3.05) is 0 Å². The number of fused-ring (bicyclic) bond motifs is 1. The van der Waals surface area contributed by atoms with Crippen LogP contribution < -0.4 is 0 Å². The maximum Gasteiger partial charge on any atom is 0.356 e. The Bertz CT molecular complexity index is 519. The molecule has 1 N–H and O–H groups in total. The van der Waals surface area contributed by atoms with Crippen molar-refractivity contribution in [3.63, 3.8) is 0 Å². The molecule has 2 rings (SSSR count). The summed E-state index contributed by atoms with van der Waals surface area (Å²) in [6.45, 7) is 1.76. The fourth-order valence-electron chi connectivity index (χ4n) is 1.36. The van der Waals surface area contributed by atoms with Crippen LogP contribution in [0.25, 0.3) is 5.52 Å². The van der Waals surface area contributed by atoms with E-state index in [0.717, 1.165) is 4.47 Å². The van der Waals surface area contributed by atoms with Crippen LogP contribution in [0, 0.1) is 6.92 Å². The number of carbonyl (C=O) groups is 1. The predicted octanol–water partition coefficient (Wildman–Crippen LogP) is 2.10. The first kappa shape index (κ1) is 9.21. The van der Waals surface area contributed by atoms with E-state index in [4.69, 9.17) is 5.11 Å². The van der Waals surface area contributed by atoms with Crippen molar-refractivity contribution in [3.8, 4) is 0 Å². The molecule has 0 aliphatic carbocycles. The molecule has 0 amide bonds. The summed E-state index contributed by atoms with van der Waals surface area (Å²) in [7, 11) is 0. The van der Waals surface area contributed by atoms with E-state index in [1.165, 1.54) is 0 Å². The topological polar surface area (TPSA) is 54.6 Å². The Labute approximate surface area is 88.3 Å². The van der Waals surface area contributed by atoms with Crippen molar-refractivity contribution in [1.82, 2.24) is 9.38 Å². The summed E-state index contributed by atoms with van der Waals surface area (Å²) in [5.74, 6) is -1.01. The fraction of sp³-hybridized carbons (Fsp3) is 0.111. The molecule has 0 fully saturated rings. The summed E-state index contributed by atoms with van der Waals surface area (Å²) >= 11 is 3.29. The molecule has 5 heteroatoms. The van der Waals surface area contributed by atoms with Gasteiger partial charge in [-0.2, -0.15) is 0 Å². The van der Waals surface area contributed by atoms with Gasteiger partial charge in [-0.15, -0.1) is 0 Å². The lowest BCUT2D eigenvalue weighted by atomic mass is 10.3. The normalized spacial score (nSPS) is 10.7. The predicted molar refractivity (Wildman–Crippen MR) is 54.6 cm³/mol. The second kappa shape index (κ2) is 3.09. The maximum absolute atomic E-state index is 10.9. The first-order valence-corrected chi connectivity index (χ1v) is 4.75. The van der Waals surface area contributed by atoms with E-state index in [1.807, 2.05) is 0 Å². The molecule has 0 spiro atoms. The largest absolute Gasteiger partial charge is 0.476 e. The first-order valence-electron chi connectivity index (χ1n) is 3.96. The van der Waals surface area contributed by atoms with Crippen molar-refractivity contribution in [1.29, 1.82) is 0 Å². The molecule has 0 aliphatic heterocycles. The third-order valence-electron chi connectivity index (χ3n) is 1.87. The van der Waals surface area contributed by atoms with Crippen molar-refractivity contribution in [2.24, 2.45) is 0 Å². The van der Waals surface area contributed by atoms with Crippen LogP contribution in [0.1, 0.15) is 16.2 Å². The second-order valence-corrected chi connectivity index (χ2v) is 3.90. The average molecular weight is 255 g/mol. The van der Waals surface area contributed by atoms with Crippen LogP contribution in [-0.4, -0.2) is 20.5 Å². The number of aryl methyl sites for hydroxylation is 1. The quantitative estimate of drug-likeness (QED) is 0.848. The standard InChI is InChI=1S/C9H7BrN2O2/c1-5-3-12-4-6(10)2-7(12)8(11-5)9(13)14/h2-4H,1H3,(H,13,14). The fourth-order valence-corrected chi connectivity index (χ4v) is 1.80. The smallest absolute Gasteiger partial charge is 0.356 e. The van der Waals surface area contributed by atoms with Gasteiger partial charge in [0.2, 0.25) is 0 Å². The number of aromatic carboxylic acids is 1. The SMILES string of the molecule is Cc1cn2cc(Br)cc2c(C(=O)O)n1. The van der Waals surface area contributed by atoms with Crippen LogP contribution in [0.4, 0.5) is 0 Å². The van der Waals surface area contributed by atoms with E-state index >= 15 is 0 Å². The van der Waals surface area contributed by atoms with Crippen LogP contribution in [-0.2, 0) is 0 Å². The zero-order valence-electron chi connectivity index (χ0n) is 7.36. The Balaban J connectivity index is 2.85. The van der Waals surface area contributed by atoms with Gasteiger partial charge in [-0.1, -0.05) is 0 Å². The highest BCUT2D eigenvalue weighted by molar-refractivity contribution is 9.10. The molecule has 0 saturated heterocycles. The molecule has 0 unspecified atom stereocenters. The maximum atomic E-state index is 10.9. The highest BCUT2D eigenvalue weighted by Crippen LogP contribution is 2.18. The number of hydrogen-bond acceptors (Lipinski definition) is 2. The van der Waals surface area contributed by atoms with E-state index < -0.39 is 5.97 Å². The number of aromatic nitrogens is 2. The molecular weight excluding hydrogens is 248 g/mol. The third kappa shape index (κ3) is 1.39. The number of halogens is 1. The minimum Gasteiger partial charge on any atom is -0.476 e. The zero-order valence-corrected chi connectivity index (χ0v) is 8.95. The molecule has 4 nitrogen and oxygen atoms in total. The lowest BCUT2D eigenvalue weighted by Crippen LogP contribution is -2.04. The Morgan fingerprint density at radius 1 is 1.57 bits per heavy atom. The number of nitrogens with zero attached hydrogens (tertiary/aromatic N) is 2. The van der Waals surface area contributed by atoms with Gasteiger partial charge in [0.05, 0.1) is 11.2 Å². The Hall–Kier alpha value is -1.36. The molecule has 72 valence electrons. The lowest BCUT2D eigenvalue weighted by Gasteiger charge is -2.00. The van der Waals surface area contributed by atoms with Crippen LogP contribution in [0.15, 0.2) is 22.9 Å². The Morgan fingerprint density at radius 2 is 2.29 bits per heavy atom. The summed E-state index contributed by atoms with van der Waals surface area (Å²) in [5.41, 5.74) is 1.35. The van der Waals surface area contributed by atoms with Crippen molar-refractivity contribution < 1.29 is 9.90 Å². The van der Waals surface area contributed by atoms with Gasteiger partial charge in [-0.05, 0) is 28.9 Å². The minimum absolute atomic E-state index is 0.0794. The van der Waals surface area contributed by atoms with Crippen LogP contribution in [0.5, 0.6) is 0 Å². The van der Waals surface area contributed by atoms with E-state index in [9.17, 15) is 4.79 Å². The van der Waals surface area contributed by atoms with Gasteiger partial charge in [-0.25, -0.2) is 9.78 Å². The van der Waals surface area contributed by atoms with Gasteiger partial charge in [0, 0.05) is 16.9 Å². The number of carboxylic acids is 1. The summed E-state index contributed by atoms with van der Waals surface area (Å²) in [6, 6.07) is 1.73. The van der Waals surface area contributed by atoms with Crippen molar-refractivity contribution in [2.45, 2.75) is 6.92 Å². The summed E-state index contributed by atoms with van der Waals surface area (Å²) in [5, 5.41) is 8.93. The molecule has 0 atom stereocenters. The molecule has 0 bridgehead atoms. The van der Waals surface area contributed by atoms with Gasteiger partial charge < -0.3 is 9.51 Å². The van der Waals surface area contributed by atoms with Gasteiger partial charge in [0.25, 0.3) is 0 Å². The molecule has 2 heterocycles. The number of rotatable bonds is 1. The molecule has 0 aromatic carbocycles. The minimum atomic E-state index is -1.01. The Kier molecular flexibility index (Phi) is 2.03. The van der Waals surface area contributed by atoms with Gasteiger partial charge in [0.1, 0.15) is 0 Å². The molecule has 0 saturated carbocycles. The van der Waals surface area contributed by atoms with Crippen LogP contribution >= 0.6 is 15.9 Å². The van der Waals surface area contributed by atoms with E-state index in [-0.39, 0.29) is 5.69 Å². The highest BCUT2D eigenvalue weighted by atomic mass is 79.9. The molecule has 2 aromatic rings.